The summed E-state index contributed by atoms with van der Waals surface area (Å²) in [6.07, 6.45) is 2.18. The lowest BCUT2D eigenvalue weighted by molar-refractivity contribution is 0.102. The van der Waals surface area contributed by atoms with Gasteiger partial charge in [-0.2, -0.15) is 0 Å². The summed E-state index contributed by atoms with van der Waals surface area (Å²) in [6, 6.07) is 5.06. The molecule has 2 aromatic heterocycles. The summed E-state index contributed by atoms with van der Waals surface area (Å²) in [5.74, 6) is 0.809. The first-order valence-electron chi connectivity index (χ1n) is 9.63. The Hall–Kier alpha value is -3.62. The molecule has 1 aliphatic heterocycles. The molecule has 1 aromatic carbocycles. The van der Waals surface area contributed by atoms with Crippen LogP contribution in [0.3, 0.4) is 0 Å². The molecule has 9 nitrogen and oxygen atoms in total. The van der Waals surface area contributed by atoms with E-state index in [0.29, 0.717) is 23.8 Å². The molecule has 0 unspecified atom stereocenters. The highest BCUT2D eigenvalue weighted by molar-refractivity contribution is 6.06. The van der Waals surface area contributed by atoms with Gasteiger partial charge in [0, 0.05) is 38.3 Å². The third kappa shape index (κ3) is 3.22. The average Bonchev–Trinajstić information content (AvgIpc) is 3.09. The minimum absolute atomic E-state index is 0.0629. The summed E-state index contributed by atoms with van der Waals surface area (Å²) < 4.78 is 13.7. The lowest BCUT2D eigenvalue weighted by Crippen LogP contribution is -2.37. The van der Waals surface area contributed by atoms with E-state index in [1.54, 1.807) is 6.07 Å². The third-order valence-electron chi connectivity index (χ3n) is 5.10. The van der Waals surface area contributed by atoms with Crippen LogP contribution < -0.4 is 26.0 Å². The van der Waals surface area contributed by atoms with Gasteiger partial charge in [0.05, 0.1) is 23.2 Å². The van der Waals surface area contributed by atoms with E-state index in [4.69, 9.17) is 9.47 Å². The molecule has 4 rings (SSSR count). The van der Waals surface area contributed by atoms with E-state index in [0.717, 1.165) is 16.6 Å². The Morgan fingerprint density at radius 3 is 2.77 bits per heavy atom. The van der Waals surface area contributed by atoms with Gasteiger partial charge in [0.25, 0.3) is 11.5 Å². The van der Waals surface area contributed by atoms with Crippen molar-refractivity contribution < 1.29 is 14.3 Å². The van der Waals surface area contributed by atoms with Crippen molar-refractivity contribution in [2.75, 3.05) is 11.9 Å². The average molecular weight is 410 g/mol. The van der Waals surface area contributed by atoms with Crippen LogP contribution >= 0.6 is 0 Å². The van der Waals surface area contributed by atoms with Gasteiger partial charge in [-0.05, 0) is 26.0 Å². The lowest BCUT2D eigenvalue weighted by atomic mass is 10.1. The third-order valence-corrected chi connectivity index (χ3v) is 5.10. The first-order valence-corrected chi connectivity index (χ1v) is 9.63. The molecule has 156 valence electrons. The molecule has 1 N–H and O–H groups in total. The molecule has 1 amide bonds. The van der Waals surface area contributed by atoms with E-state index in [2.05, 4.69) is 10.3 Å². The number of ether oxygens (including phenoxy) is 2. The molecule has 0 fully saturated rings. The standard InChI is InChI=1S/C21H22N4O5/c1-5-29-17-8-12-6-11(2)30-16(12)9-15(17)23-19(26)13-7-14-18(22-10-13)24(3)21(28)25(4)20(14)27/h7-11H,5-6H2,1-4H3,(H,23,26)/t11-/m1/s1. The summed E-state index contributed by atoms with van der Waals surface area (Å²) in [5, 5.41) is 3.00. The molecule has 30 heavy (non-hydrogen) atoms. The van der Waals surface area contributed by atoms with Crippen LogP contribution in [-0.2, 0) is 20.5 Å². The number of carbonyl (C=O) groups is 1. The Kier molecular flexibility index (Phi) is 4.81. The second kappa shape index (κ2) is 7.33. The number of benzene rings is 1. The largest absolute Gasteiger partial charge is 0.492 e. The maximum Gasteiger partial charge on any atom is 0.332 e. The second-order valence-corrected chi connectivity index (χ2v) is 7.28. The van der Waals surface area contributed by atoms with Gasteiger partial charge in [-0.1, -0.05) is 0 Å². The number of nitrogens with one attached hydrogen (secondary N) is 1. The number of hydrogen-bond donors (Lipinski definition) is 1. The van der Waals surface area contributed by atoms with Crippen molar-refractivity contribution in [2.45, 2.75) is 26.4 Å². The van der Waals surface area contributed by atoms with Crippen LogP contribution in [0.15, 0.2) is 34.0 Å². The molecule has 9 heteroatoms. The number of rotatable bonds is 4. The smallest absolute Gasteiger partial charge is 0.332 e. The van der Waals surface area contributed by atoms with Crippen LogP contribution in [0.4, 0.5) is 5.69 Å². The zero-order valence-electron chi connectivity index (χ0n) is 17.2. The number of pyridine rings is 1. The quantitative estimate of drug-likeness (QED) is 0.701. The maximum atomic E-state index is 12.9. The van der Waals surface area contributed by atoms with E-state index in [1.165, 1.54) is 30.9 Å². The number of hydrogen-bond acceptors (Lipinski definition) is 6. The first kappa shape index (κ1) is 19.7. The number of carbonyl (C=O) groups excluding carboxylic acids is 1. The number of amides is 1. The SMILES string of the molecule is CCOc1cc2c(cc1NC(=O)c1cnc3c(c1)c(=O)n(C)c(=O)n3C)O[C@H](C)C2. The van der Waals surface area contributed by atoms with Gasteiger partial charge in [0.2, 0.25) is 0 Å². The van der Waals surface area contributed by atoms with E-state index in [9.17, 15) is 14.4 Å². The molecule has 3 heterocycles. The topological polar surface area (TPSA) is 104 Å². The van der Waals surface area contributed by atoms with Crippen LogP contribution in [0.5, 0.6) is 11.5 Å². The molecule has 1 aliphatic rings. The van der Waals surface area contributed by atoms with Crippen LogP contribution in [0, 0.1) is 0 Å². The lowest BCUT2D eigenvalue weighted by Gasteiger charge is -2.14. The van der Waals surface area contributed by atoms with E-state index in [-0.39, 0.29) is 22.7 Å². The fraction of sp³-hybridized carbons (Fsp3) is 0.333. The van der Waals surface area contributed by atoms with Crippen molar-refractivity contribution in [3.8, 4) is 11.5 Å². The van der Waals surface area contributed by atoms with Gasteiger partial charge < -0.3 is 14.8 Å². The van der Waals surface area contributed by atoms with Crippen LogP contribution in [0.1, 0.15) is 29.8 Å². The highest BCUT2D eigenvalue weighted by Crippen LogP contribution is 2.38. The van der Waals surface area contributed by atoms with Crippen LogP contribution in [0.25, 0.3) is 11.0 Å². The van der Waals surface area contributed by atoms with Gasteiger partial charge in [0.1, 0.15) is 23.3 Å². The Balaban J connectivity index is 1.73. The van der Waals surface area contributed by atoms with Crippen molar-refractivity contribution >= 4 is 22.6 Å². The fourth-order valence-corrected chi connectivity index (χ4v) is 3.60. The van der Waals surface area contributed by atoms with Gasteiger partial charge in [-0.25, -0.2) is 9.78 Å². The minimum atomic E-state index is -0.509. The Bertz CT molecular complexity index is 1290. The molecule has 0 radical (unpaired) electrons. The number of aryl methyl sites for hydroxylation is 1. The molecule has 0 saturated heterocycles. The predicted octanol–water partition coefficient (Wildman–Crippen LogP) is 1.61. The zero-order chi connectivity index (χ0) is 21.6. The Labute approximate surface area is 171 Å². The van der Waals surface area contributed by atoms with Gasteiger partial charge in [-0.3, -0.25) is 18.7 Å². The monoisotopic (exact) mass is 410 g/mol. The molecule has 0 bridgehead atoms. The van der Waals surface area contributed by atoms with Crippen molar-refractivity contribution in [3.63, 3.8) is 0 Å². The fourth-order valence-electron chi connectivity index (χ4n) is 3.60. The van der Waals surface area contributed by atoms with Crippen molar-refractivity contribution in [2.24, 2.45) is 14.1 Å². The highest BCUT2D eigenvalue weighted by Gasteiger charge is 2.23. The Morgan fingerprint density at radius 2 is 2.03 bits per heavy atom. The second-order valence-electron chi connectivity index (χ2n) is 7.28. The highest BCUT2D eigenvalue weighted by atomic mass is 16.5. The molecule has 0 saturated carbocycles. The first-order chi connectivity index (χ1) is 14.3. The van der Waals surface area contributed by atoms with Crippen molar-refractivity contribution in [1.29, 1.82) is 0 Å². The molecular weight excluding hydrogens is 388 g/mol. The van der Waals surface area contributed by atoms with E-state index >= 15 is 0 Å². The molecule has 1 atom stereocenters. The number of anilines is 1. The molecular formula is C21H22N4O5. The van der Waals surface area contributed by atoms with Gasteiger partial charge in [-0.15, -0.1) is 0 Å². The molecule has 3 aromatic rings. The maximum absolute atomic E-state index is 12.9. The normalized spacial score (nSPS) is 15.0. The number of nitrogens with zero attached hydrogens (tertiary/aromatic N) is 3. The molecule has 0 spiro atoms. The minimum Gasteiger partial charge on any atom is -0.492 e. The van der Waals surface area contributed by atoms with E-state index in [1.807, 2.05) is 19.9 Å². The zero-order valence-corrected chi connectivity index (χ0v) is 17.2. The van der Waals surface area contributed by atoms with Crippen LogP contribution in [0.2, 0.25) is 0 Å². The van der Waals surface area contributed by atoms with Gasteiger partial charge in [0.15, 0.2) is 0 Å². The summed E-state index contributed by atoms with van der Waals surface area (Å²) in [5.41, 5.74) is 0.921. The molecule has 0 aliphatic carbocycles. The Morgan fingerprint density at radius 1 is 1.27 bits per heavy atom. The van der Waals surface area contributed by atoms with Gasteiger partial charge >= 0.3 is 5.69 Å². The van der Waals surface area contributed by atoms with Crippen molar-refractivity contribution in [3.05, 3.63) is 56.4 Å². The summed E-state index contributed by atoms with van der Waals surface area (Å²) >= 11 is 0. The van der Waals surface area contributed by atoms with Crippen molar-refractivity contribution in [1.82, 2.24) is 14.1 Å². The van der Waals surface area contributed by atoms with E-state index < -0.39 is 17.2 Å². The summed E-state index contributed by atoms with van der Waals surface area (Å²) in [4.78, 5) is 41.6. The number of aromatic nitrogens is 3. The number of fused-ring (bicyclic) bond motifs is 2. The summed E-state index contributed by atoms with van der Waals surface area (Å²) in [7, 11) is 2.91. The summed E-state index contributed by atoms with van der Waals surface area (Å²) in [6.45, 7) is 4.29. The predicted molar refractivity (Wildman–Crippen MR) is 112 cm³/mol. The van der Waals surface area contributed by atoms with Crippen LogP contribution in [-0.4, -0.2) is 32.7 Å².